The number of aromatic amines is 1. The van der Waals surface area contributed by atoms with Crippen molar-refractivity contribution in [3.05, 3.63) is 64.4 Å². The van der Waals surface area contributed by atoms with Crippen molar-refractivity contribution in [1.82, 2.24) is 4.98 Å². The molecular weight excluding hydrogens is 323 g/mol. The second-order valence-electron chi connectivity index (χ2n) is 6.01. The van der Waals surface area contributed by atoms with Gasteiger partial charge in [0.2, 0.25) is 5.91 Å². The molecule has 25 heavy (non-hydrogen) atoms. The Morgan fingerprint density at radius 1 is 1.24 bits per heavy atom. The number of H-pyrrole nitrogens is 1. The summed E-state index contributed by atoms with van der Waals surface area (Å²) >= 11 is 0. The monoisotopic (exact) mass is 342 g/mol. The Hall–Kier alpha value is -2.89. The van der Waals surface area contributed by atoms with Gasteiger partial charge in [-0.05, 0) is 48.2 Å². The molecule has 2 N–H and O–H groups in total. The summed E-state index contributed by atoms with van der Waals surface area (Å²) in [7, 11) is 0. The Kier molecular flexibility index (Phi) is 4.97. The summed E-state index contributed by atoms with van der Waals surface area (Å²) in [5.41, 5.74) is 2.52. The van der Waals surface area contributed by atoms with Crippen LogP contribution in [0, 0.1) is 5.82 Å². The van der Waals surface area contributed by atoms with Crippen molar-refractivity contribution >= 4 is 22.7 Å². The van der Waals surface area contributed by atoms with E-state index in [1.807, 2.05) is 0 Å². The van der Waals surface area contributed by atoms with E-state index in [2.05, 4.69) is 17.2 Å². The first-order valence-corrected chi connectivity index (χ1v) is 8.23. The second kappa shape index (κ2) is 7.34. The van der Waals surface area contributed by atoms with Gasteiger partial charge in [-0.1, -0.05) is 25.5 Å². The van der Waals surface area contributed by atoms with Gasteiger partial charge in [-0.3, -0.25) is 9.78 Å². The summed E-state index contributed by atoms with van der Waals surface area (Å²) in [6.07, 6.45) is 2.07. The van der Waals surface area contributed by atoms with Gasteiger partial charge in [0, 0.05) is 12.1 Å². The van der Waals surface area contributed by atoms with E-state index in [1.165, 1.54) is 12.1 Å². The van der Waals surface area contributed by atoms with Gasteiger partial charge in [0.05, 0.1) is 5.52 Å². The Labute approximate surface area is 143 Å². The number of benzene rings is 2. The van der Waals surface area contributed by atoms with Gasteiger partial charge in [0.15, 0.2) is 5.58 Å². The zero-order chi connectivity index (χ0) is 17.8. The third kappa shape index (κ3) is 4.15. The van der Waals surface area contributed by atoms with E-state index < -0.39 is 5.76 Å². The second-order valence-corrected chi connectivity index (χ2v) is 6.01. The lowest BCUT2D eigenvalue weighted by molar-refractivity contribution is -0.116. The molecule has 5 nitrogen and oxygen atoms in total. The normalized spacial score (nSPS) is 12.2. The lowest BCUT2D eigenvalue weighted by atomic mass is 9.91. The molecule has 1 atom stereocenters. The van der Waals surface area contributed by atoms with Crippen LogP contribution in [-0.4, -0.2) is 10.9 Å². The number of halogens is 1. The summed E-state index contributed by atoms with van der Waals surface area (Å²) in [6, 6.07) is 11.3. The van der Waals surface area contributed by atoms with Crippen molar-refractivity contribution in [3.63, 3.8) is 0 Å². The van der Waals surface area contributed by atoms with Gasteiger partial charge in [-0.2, -0.15) is 0 Å². The average molecular weight is 342 g/mol. The maximum atomic E-state index is 13.1. The third-order valence-electron chi connectivity index (χ3n) is 4.11. The maximum Gasteiger partial charge on any atom is 0.417 e. The fraction of sp³-hybridized carbons (Fsp3) is 0.263. The van der Waals surface area contributed by atoms with Crippen LogP contribution in [0.25, 0.3) is 11.1 Å². The molecule has 0 spiro atoms. The van der Waals surface area contributed by atoms with Gasteiger partial charge in [0.1, 0.15) is 5.82 Å². The van der Waals surface area contributed by atoms with Crippen molar-refractivity contribution in [3.8, 4) is 0 Å². The number of fused-ring (bicyclic) bond motifs is 1. The largest absolute Gasteiger partial charge is 0.417 e. The molecule has 0 saturated carbocycles. The minimum absolute atomic E-state index is 0.0306. The molecule has 3 rings (SSSR count). The number of anilines is 1. The molecule has 0 radical (unpaired) electrons. The first-order chi connectivity index (χ1) is 12.0. The quantitative estimate of drug-likeness (QED) is 0.706. The van der Waals surface area contributed by atoms with Crippen LogP contribution in [0.4, 0.5) is 10.1 Å². The van der Waals surface area contributed by atoms with Crippen molar-refractivity contribution in [2.75, 3.05) is 5.32 Å². The van der Waals surface area contributed by atoms with Crippen LogP contribution in [0.1, 0.15) is 37.7 Å². The molecule has 0 aliphatic heterocycles. The van der Waals surface area contributed by atoms with Crippen LogP contribution in [-0.2, 0) is 4.79 Å². The van der Waals surface area contributed by atoms with E-state index in [-0.39, 0.29) is 17.6 Å². The number of hydrogen-bond acceptors (Lipinski definition) is 3. The number of carbonyl (C=O) groups is 1. The molecule has 0 fully saturated rings. The lowest BCUT2D eigenvalue weighted by Gasteiger charge is -2.16. The number of amides is 1. The first-order valence-electron chi connectivity index (χ1n) is 8.23. The predicted molar refractivity (Wildman–Crippen MR) is 94.1 cm³/mol. The number of nitrogens with one attached hydrogen (secondary N) is 2. The van der Waals surface area contributed by atoms with Crippen LogP contribution in [0.2, 0.25) is 0 Å². The van der Waals surface area contributed by atoms with E-state index in [0.29, 0.717) is 23.2 Å². The summed E-state index contributed by atoms with van der Waals surface area (Å²) in [6.45, 7) is 2.05. The molecular formula is C19H19FN2O3. The molecule has 1 amide bonds. The van der Waals surface area contributed by atoms with Crippen LogP contribution in [0.3, 0.4) is 0 Å². The standard InChI is InChI=1S/C19H19FN2O3/c1-2-3-13(12-4-6-14(20)7-5-12)10-18(23)21-15-8-9-17-16(11-15)22-19(24)25-17/h4-9,11,13H,2-3,10H2,1H3,(H,21,23)(H,22,24). The van der Waals surface area contributed by atoms with Crippen molar-refractivity contribution in [2.45, 2.75) is 32.1 Å². The van der Waals surface area contributed by atoms with Crippen molar-refractivity contribution in [2.24, 2.45) is 0 Å². The highest BCUT2D eigenvalue weighted by Crippen LogP contribution is 2.26. The van der Waals surface area contributed by atoms with E-state index in [1.54, 1.807) is 30.3 Å². The summed E-state index contributed by atoms with van der Waals surface area (Å²) in [5, 5.41) is 2.84. The van der Waals surface area contributed by atoms with Gasteiger partial charge < -0.3 is 9.73 Å². The van der Waals surface area contributed by atoms with Crippen molar-refractivity contribution < 1.29 is 13.6 Å². The van der Waals surface area contributed by atoms with Gasteiger partial charge in [-0.15, -0.1) is 0 Å². The molecule has 1 heterocycles. The van der Waals surface area contributed by atoms with Crippen molar-refractivity contribution in [1.29, 1.82) is 0 Å². The fourth-order valence-corrected chi connectivity index (χ4v) is 2.94. The maximum absolute atomic E-state index is 13.1. The molecule has 2 aromatic carbocycles. The van der Waals surface area contributed by atoms with E-state index in [4.69, 9.17) is 4.42 Å². The molecule has 0 saturated heterocycles. The SMILES string of the molecule is CCCC(CC(=O)Nc1ccc2oc(=O)[nH]c2c1)c1ccc(F)cc1. The van der Waals surface area contributed by atoms with Gasteiger partial charge >= 0.3 is 5.76 Å². The number of oxazole rings is 1. The van der Waals surface area contributed by atoms with Crippen LogP contribution in [0.5, 0.6) is 0 Å². The zero-order valence-electron chi connectivity index (χ0n) is 13.8. The topological polar surface area (TPSA) is 75.1 Å². The Morgan fingerprint density at radius 3 is 2.72 bits per heavy atom. The van der Waals surface area contributed by atoms with Crippen LogP contribution < -0.4 is 11.1 Å². The van der Waals surface area contributed by atoms with E-state index in [0.717, 1.165) is 18.4 Å². The number of carbonyl (C=O) groups excluding carboxylic acids is 1. The highest BCUT2D eigenvalue weighted by Gasteiger charge is 2.16. The predicted octanol–water partition coefficient (Wildman–Crippen LogP) is 4.17. The van der Waals surface area contributed by atoms with Crippen LogP contribution >= 0.6 is 0 Å². The Morgan fingerprint density at radius 2 is 2.00 bits per heavy atom. The zero-order valence-corrected chi connectivity index (χ0v) is 13.8. The van der Waals surface area contributed by atoms with Gasteiger partial charge in [-0.25, -0.2) is 9.18 Å². The first kappa shape index (κ1) is 17.0. The molecule has 1 unspecified atom stereocenters. The lowest BCUT2D eigenvalue weighted by Crippen LogP contribution is -2.15. The van der Waals surface area contributed by atoms with E-state index >= 15 is 0 Å². The minimum atomic E-state index is -0.530. The molecule has 0 bridgehead atoms. The molecule has 130 valence electrons. The smallest absolute Gasteiger partial charge is 0.408 e. The third-order valence-corrected chi connectivity index (χ3v) is 4.11. The fourth-order valence-electron chi connectivity index (χ4n) is 2.94. The summed E-state index contributed by atoms with van der Waals surface area (Å²) in [4.78, 5) is 26.1. The van der Waals surface area contributed by atoms with Gasteiger partial charge in [0.25, 0.3) is 0 Å². The number of hydrogen-bond donors (Lipinski definition) is 2. The number of rotatable bonds is 6. The van der Waals surface area contributed by atoms with Crippen LogP contribution in [0.15, 0.2) is 51.7 Å². The molecule has 1 aromatic heterocycles. The Balaban J connectivity index is 1.71. The minimum Gasteiger partial charge on any atom is -0.408 e. The molecule has 0 aliphatic carbocycles. The molecule has 0 aliphatic rings. The summed E-state index contributed by atoms with van der Waals surface area (Å²) in [5.74, 6) is -0.917. The summed E-state index contributed by atoms with van der Waals surface area (Å²) < 4.78 is 18.0. The average Bonchev–Trinajstić information content (AvgIpc) is 2.94. The highest BCUT2D eigenvalue weighted by atomic mass is 19.1. The van der Waals surface area contributed by atoms with E-state index in [9.17, 15) is 14.0 Å². The molecule has 6 heteroatoms. The Bertz CT molecular complexity index is 928. The highest BCUT2D eigenvalue weighted by molar-refractivity contribution is 5.93. The number of aromatic nitrogens is 1. The molecule has 3 aromatic rings.